The van der Waals surface area contributed by atoms with Crippen LogP contribution in [0.15, 0.2) is 12.1 Å². The average Bonchev–Trinajstić information content (AvgIpc) is 2.32. The first-order valence-corrected chi connectivity index (χ1v) is 5.57. The highest BCUT2D eigenvalue weighted by Gasteiger charge is 2.41. The van der Waals surface area contributed by atoms with Crippen molar-refractivity contribution in [3.8, 4) is 0 Å². The molecule has 0 unspecified atom stereocenters. The van der Waals surface area contributed by atoms with E-state index >= 15 is 0 Å². The van der Waals surface area contributed by atoms with Gasteiger partial charge in [-0.3, -0.25) is 4.79 Å². The standard InChI is InChI=1S/C9H7F6N3O.C2H6/c10-8(11,12)4-1-3(16)2-5(17)6(4)18-7(19)9(13,14)15;1-2/h1-2H,16-17H2,(H,18,19);1-2H3. The summed E-state index contributed by atoms with van der Waals surface area (Å²) in [4.78, 5) is 10.7. The first-order chi connectivity index (χ1) is 9.43. The Hall–Kier alpha value is -2.13. The van der Waals surface area contributed by atoms with E-state index in [0.717, 1.165) is 11.4 Å². The number of alkyl halides is 6. The fourth-order valence-electron chi connectivity index (χ4n) is 1.24. The quantitative estimate of drug-likeness (QED) is 0.548. The lowest BCUT2D eigenvalue weighted by molar-refractivity contribution is -0.167. The van der Waals surface area contributed by atoms with Crippen LogP contribution in [0.1, 0.15) is 19.4 Å². The third-order valence-electron chi connectivity index (χ3n) is 1.99. The molecule has 0 atom stereocenters. The largest absolute Gasteiger partial charge is 0.471 e. The van der Waals surface area contributed by atoms with Crippen molar-refractivity contribution in [2.24, 2.45) is 0 Å². The maximum absolute atomic E-state index is 12.6. The highest BCUT2D eigenvalue weighted by atomic mass is 19.4. The monoisotopic (exact) mass is 317 g/mol. The summed E-state index contributed by atoms with van der Waals surface area (Å²) in [7, 11) is 0. The van der Waals surface area contributed by atoms with Crippen molar-refractivity contribution >= 4 is 23.0 Å². The Morgan fingerprint density at radius 2 is 1.52 bits per heavy atom. The number of carbonyl (C=O) groups is 1. The zero-order chi connectivity index (χ0) is 17.0. The van der Waals surface area contributed by atoms with Crippen LogP contribution in [-0.2, 0) is 11.0 Å². The topological polar surface area (TPSA) is 81.1 Å². The SMILES string of the molecule is CC.Nc1cc(N)c(NC(=O)C(F)(F)F)c(C(F)(F)F)c1. The minimum absolute atomic E-state index is 0.377. The van der Waals surface area contributed by atoms with Gasteiger partial charge in [-0.2, -0.15) is 26.3 Å². The van der Waals surface area contributed by atoms with Crippen LogP contribution >= 0.6 is 0 Å². The summed E-state index contributed by atoms with van der Waals surface area (Å²) in [6.07, 6.45) is -10.4. The molecule has 10 heteroatoms. The molecule has 0 radical (unpaired) electrons. The molecule has 0 aliphatic rings. The third kappa shape index (κ3) is 5.04. The van der Waals surface area contributed by atoms with Crippen LogP contribution in [0, 0.1) is 0 Å². The van der Waals surface area contributed by atoms with Gasteiger partial charge in [0.2, 0.25) is 0 Å². The van der Waals surface area contributed by atoms with E-state index in [0.29, 0.717) is 6.07 Å². The van der Waals surface area contributed by atoms with E-state index in [4.69, 9.17) is 11.5 Å². The second kappa shape index (κ2) is 6.55. The lowest BCUT2D eigenvalue weighted by Gasteiger charge is -2.17. The number of anilines is 3. The average molecular weight is 317 g/mol. The van der Waals surface area contributed by atoms with Gasteiger partial charge in [-0.25, -0.2) is 0 Å². The van der Waals surface area contributed by atoms with Gasteiger partial charge in [0, 0.05) is 5.69 Å². The molecule has 5 N–H and O–H groups in total. The zero-order valence-corrected chi connectivity index (χ0v) is 11.0. The molecule has 1 aromatic rings. The number of benzene rings is 1. The molecule has 21 heavy (non-hydrogen) atoms. The summed E-state index contributed by atoms with van der Waals surface area (Å²) in [5.41, 5.74) is 6.43. The second-order valence-corrected chi connectivity index (χ2v) is 3.48. The number of carbonyl (C=O) groups excluding carboxylic acids is 1. The van der Waals surface area contributed by atoms with Crippen LogP contribution in [0.3, 0.4) is 0 Å². The van der Waals surface area contributed by atoms with E-state index in [1.807, 2.05) is 13.8 Å². The Labute approximate surface area is 116 Å². The highest BCUT2D eigenvalue weighted by Crippen LogP contribution is 2.40. The number of nitrogens with one attached hydrogen (secondary N) is 1. The third-order valence-corrected chi connectivity index (χ3v) is 1.99. The molecule has 0 aromatic heterocycles. The molecule has 120 valence electrons. The smallest absolute Gasteiger partial charge is 0.399 e. The summed E-state index contributed by atoms with van der Waals surface area (Å²) >= 11 is 0. The number of hydrogen-bond donors (Lipinski definition) is 3. The first-order valence-electron chi connectivity index (χ1n) is 5.57. The minimum atomic E-state index is -5.34. The van der Waals surface area contributed by atoms with Gasteiger partial charge in [0.25, 0.3) is 0 Å². The van der Waals surface area contributed by atoms with Crippen molar-refractivity contribution in [1.82, 2.24) is 0 Å². The van der Waals surface area contributed by atoms with E-state index in [1.54, 1.807) is 0 Å². The predicted molar refractivity (Wildman–Crippen MR) is 66.3 cm³/mol. The van der Waals surface area contributed by atoms with Crippen LogP contribution in [-0.4, -0.2) is 12.1 Å². The zero-order valence-electron chi connectivity index (χ0n) is 11.0. The number of amides is 1. The van der Waals surface area contributed by atoms with E-state index < -0.39 is 40.9 Å². The minimum Gasteiger partial charge on any atom is -0.399 e. The van der Waals surface area contributed by atoms with Crippen LogP contribution in [0.5, 0.6) is 0 Å². The van der Waals surface area contributed by atoms with Crippen molar-refractivity contribution in [2.75, 3.05) is 16.8 Å². The Balaban J connectivity index is 0.00000191. The van der Waals surface area contributed by atoms with Crippen LogP contribution < -0.4 is 16.8 Å². The molecule has 0 spiro atoms. The van der Waals surface area contributed by atoms with Gasteiger partial charge in [0.1, 0.15) is 0 Å². The molecule has 0 saturated heterocycles. The molecule has 1 amide bonds. The molecule has 1 rings (SSSR count). The molecule has 0 saturated carbocycles. The molecule has 0 fully saturated rings. The van der Waals surface area contributed by atoms with Gasteiger partial charge >= 0.3 is 18.3 Å². The number of hydrogen-bond acceptors (Lipinski definition) is 3. The van der Waals surface area contributed by atoms with Gasteiger partial charge < -0.3 is 16.8 Å². The Bertz CT molecular complexity index is 510. The molecular weight excluding hydrogens is 304 g/mol. The van der Waals surface area contributed by atoms with Gasteiger partial charge in [0.05, 0.1) is 16.9 Å². The van der Waals surface area contributed by atoms with Gasteiger partial charge in [-0.05, 0) is 12.1 Å². The predicted octanol–water partition coefficient (Wildman–Crippen LogP) is 3.40. The summed E-state index contributed by atoms with van der Waals surface area (Å²) in [6.45, 7) is 4.00. The van der Waals surface area contributed by atoms with Crippen LogP contribution in [0.25, 0.3) is 0 Å². The number of nitrogen functional groups attached to an aromatic ring is 2. The van der Waals surface area contributed by atoms with Crippen molar-refractivity contribution in [1.29, 1.82) is 0 Å². The molecule has 4 nitrogen and oxygen atoms in total. The molecule has 0 heterocycles. The van der Waals surface area contributed by atoms with Crippen molar-refractivity contribution in [3.63, 3.8) is 0 Å². The normalized spacial score (nSPS) is 11.4. The summed E-state index contributed by atoms with van der Waals surface area (Å²) in [5, 5.41) is 1.09. The van der Waals surface area contributed by atoms with Crippen molar-refractivity contribution in [3.05, 3.63) is 17.7 Å². The summed E-state index contributed by atoms with van der Waals surface area (Å²) in [5.74, 6) is -2.56. The number of halogens is 6. The van der Waals surface area contributed by atoms with E-state index in [1.165, 1.54) is 0 Å². The van der Waals surface area contributed by atoms with Crippen molar-refractivity contribution in [2.45, 2.75) is 26.2 Å². The second-order valence-electron chi connectivity index (χ2n) is 3.48. The summed E-state index contributed by atoms with van der Waals surface area (Å²) in [6, 6.07) is 1.18. The lowest BCUT2D eigenvalue weighted by atomic mass is 10.1. The van der Waals surface area contributed by atoms with Gasteiger partial charge in [-0.1, -0.05) is 13.8 Å². The molecule has 1 aromatic carbocycles. The van der Waals surface area contributed by atoms with Crippen molar-refractivity contribution < 1.29 is 31.1 Å². The molecule has 0 bridgehead atoms. The summed E-state index contributed by atoms with van der Waals surface area (Å²) < 4.78 is 73.9. The molecule has 0 aliphatic heterocycles. The van der Waals surface area contributed by atoms with Gasteiger partial charge in [0.15, 0.2) is 0 Å². The maximum Gasteiger partial charge on any atom is 0.471 e. The first kappa shape index (κ1) is 18.9. The van der Waals surface area contributed by atoms with E-state index in [9.17, 15) is 31.1 Å². The lowest BCUT2D eigenvalue weighted by Crippen LogP contribution is -2.31. The molecule has 0 aliphatic carbocycles. The Morgan fingerprint density at radius 1 is 1.05 bits per heavy atom. The van der Waals surface area contributed by atoms with Crippen LogP contribution in [0.2, 0.25) is 0 Å². The fraction of sp³-hybridized carbons (Fsp3) is 0.364. The maximum atomic E-state index is 12.6. The Kier molecular flexibility index (Phi) is 5.88. The number of nitrogens with two attached hydrogens (primary N) is 2. The fourth-order valence-corrected chi connectivity index (χ4v) is 1.24. The van der Waals surface area contributed by atoms with E-state index in [-0.39, 0.29) is 0 Å². The van der Waals surface area contributed by atoms with Gasteiger partial charge in [-0.15, -0.1) is 0 Å². The molecular formula is C11H13F6N3O. The number of rotatable bonds is 1. The highest BCUT2D eigenvalue weighted by molar-refractivity contribution is 5.98. The Morgan fingerprint density at radius 3 is 1.90 bits per heavy atom. The van der Waals surface area contributed by atoms with Crippen LogP contribution in [0.4, 0.5) is 43.4 Å². The van der Waals surface area contributed by atoms with E-state index in [2.05, 4.69) is 0 Å².